The summed E-state index contributed by atoms with van der Waals surface area (Å²) in [6.07, 6.45) is 0. The number of hydrogen-bond acceptors (Lipinski definition) is 7. The molecule has 1 heterocycles. The fourth-order valence-corrected chi connectivity index (χ4v) is 3.51. The molecule has 1 aromatic heterocycles. The van der Waals surface area contributed by atoms with Gasteiger partial charge in [0.1, 0.15) is 11.8 Å². The van der Waals surface area contributed by atoms with Crippen molar-refractivity contribution in [3.8, 4) is 17.6 Å². The number of anilines is 1. The van der Waals surface area contributed by atoms with Crippen molar-refractivity contribution in [3.05, 3.63) is 29.2 Å². The average Bonchev–Trinajstić information content (AvgIpc) is 2.86. The second-order valence-electron chi connectivity index (χ2n) is 4.62. The van der Waals surface area contributed by atoms with Gasteiger partial charge >= 0.3 is 0 Å². The Morgan fingerprint density at radius 3 is 2.30 bits per heavy atom. The summed E-state index contributed by atoms with van der Waals surface area (Å²) in [6.45, 7) is 3.01. The van der Waals surface area contributed by atoms with E-state index in [0.717, 1.165) is 0 Å². The maximum absolute atomic E-state index is 12.5. The van der Waals surface area contributed by atoms with E-state index in [0.29, 0.717) is 11.5 Å². The van der Waals surface area contributed by atoms with Crippen LogP contribution in [0.25, 0.3) is 0 Å². The minimum Gasteiger partial charge on any atom is -0.493 e. The zero-order valence-corrected chi connectivity index (χ0v) is 13.8. The predicted octanol–water partition coefficient (Wildman–Crippen LogP) is 1.98. The Kier molecular flexibility index (Phi) is 4.47. The van der Waals surface area contributed by atoms with Crippen LogP contribution in [-0.4, -0.2) is 27.8 Å². The van der Waals surface area contributed by atoms with Crippen LogP contribution >= 0.6 is 0 Å². The van der Waals surface area contributed by atoms with E-state index >= 15 is 0 Å². The van der Waals surface area contributed by atoms with Crippen LogP contribution in [0.1, 0.15) is 17.0 Å². The highest BCUT2D eigenvalue weighted by Gasteiger charge is 2.26. The molecule has 0 aliphatic carbocycles. The van der Waals surface area contributed by atoms with Gasteiger partial charge < -0.3 is 14.0 Å². The smallest absolute Gasteiger partial charge is 0.267 e. The Labute approximate surface area is 133 Å². The SMILES string of the molecule is COc1cc(C#N)c(NS(=O)(=O)c2c(C)noc2C)cc1OC. The van der Waals surface area contributed by atoms with E-state index in [-0.39, 0.29) is 27.6 Å². The molecule has 0 atom stereocenters. The van der Waals surface area contributed by atoms with Gasteiger partial charge in [-0.15, -0.1) is 0 Å². The molecule has 0 spiro atoms. The topological polar surface area (TPSA) is 114 Å². The van der Waals surface area contributed by atoms with Gasteiger partial charge in [-0.25, -0.2) is 8.42 Å². The van der Waals surface area contributed by atoms with Gasteiger partial charge in [0.25, 0.3) is 10.0 Å². The average molecular weight is 337 g/mol. The molecule has 122 valence electrons. The van der Waals surface area contributed by atoms with Crippen LogP contribution in [-0.2, 0) is 10.0 Å². The molecule has 0 amide bonds. The fraction of sp³-hybridized carbons (Fsp3) is 0.286. The minimum atomic E-state index is -3.96. The molecule has 0 unspecified atom stereocenters. The van der Waals surface area contributed by atoms with Gasteiger partial charge in [0.05, 0.1) is 25.5 Å². The van der Waals surface area contributed by atoms with Gasteiger partial charge in [0, 0.05) is 12.1 Å². The van der Waals surface area contributed by atoms with E-state index in [4.69, 9.17) is 14.0 Å². The number of aromatic nitrogens is 1. The summed E-state index contributed by atoms with van der Waals surface area (Å²) in [7, 11) is -1.13. The largest absolute Gasteiger partial charge is 0.493 e. The Morgan fingerprint density at radius 2 is 1.83 bits per heavy atom. The molecular formula is C14H15N3O5S. The molecule has 0 saturated heterocycles. The summed E-state index contributed by atoms with van der Waals surface area (Å²) in [5.74, 6) is 0.779. The minimum absolute atomic E-state index is 0.0591. The first kappa shape index (κ1) is 16.6. The van der Waals surface area contributed by atoms with Crippen LogP contribution in [0.3, 0.4) is 0 Å². The highest BCUT2D eigenvalue weighted by atomic mass is 32.2. The van der Waals surface area contributed by atoms with E-state index in [2.05, 4.69) is 9.88 Å². The standard InChI is InChI=1S/C14H15N3O5S/c1-8-14(9(2)22-16-8)23(18,19)17-11-6-13(21-4)12(20-3)5-10(11)7-15/h5-6,17H,1-4H3. The molecule has 9 heteroatoms. The zero-order chi connectivity index (χ0) is 17.2. The lowest BCUT2D eigenvalue weighted by atomic mass is 10.2. The van der Waals surface area contributed by atoms with Crippen molar-refractivity contribution in [1.29, 1.82) is 5.26 Å². The number of hydrogen-bond donors (Lipinski definition) is 1. The van der Waals surface area contributed by atoms with Crippen LogP contribution in [0, 0.1) is 25.2 Å². The Morgan fingerprint density at radius 1 is 1.22 bits per heavy atom. The number of benzene rings is 1. The second kappa shape index (κ2) is 6.18. The maximum Gasteiger partial charge on any atom is 0.267 e. The van der Waals surface area contributed by atoms with Gasteiger partial charge in [0.2, 0.25) is 0 Å². The molecule has 0 radical (unpaired) electrons. The summed E-state index contributed by atoms with van der Waals surface area (Å²) in [6, 6.07) is 4.69. The van der Waals surface area contributed by atoms with Crippen molar-refractivity contribution in [2.75, 3.05) is 18.9 Å². The normalized spacial score (nSPS) is 10.9. The van der Waals surface area contributed by atoms with Crippen LogP contribution in [0.4, 0.5) is 5.69 Å². The number of methoxy groups -OCH3 is 2. The van der Waals surface area contributed by atoms with Crippen molar-refractivity contribution >= 4 is 15.7 Å². The van der Waals surface area contributed by atoms with E-state index in [1.807, 2.05) is 6.07 Å². The van der Waals surface area contributed by atoms with Crippen LogP contribution in [0.2, 0.25) is 0 Å². The molecule has 1 aromatic carbocycles. The summed E-state index contributed by atoms with van der Waals surface area (Å²) in [5.41, 5.74) is 0.400. The van der Waals surface area contributed by atoms with Crippen molar-refractivity contribution in [2.24, 2.45) is 0 Å². The summed E-state index contributed by atoms with van der Waals surface area (Å²) >= 11 is 0. The highest BCUT2D eigenvalue weighted by molar-refractivity contribution is 7.92. The first-order chi connectivity index (χ1) is 10.8. The highest BCUT2D eigenvalue weighted by Crippen LogP contribution is 2.34. The lowest BCUT2D eigenvalue weighted by Crippen LogP contribution is -2.15. The predicted molar refractivity (Wildman–Crippen MR) is 81.0 cm³/mol. The molecule has 2 rings (SSSR count). The number of rotatable bonds is 5. The van der Waals surface area contributed by atoms with Crippen molar-refractivity contribution in [1.82, 2.24) is 5.16 Å². The Bertz CT molecular complexity index is 861. The quantitative estimate of drug-likeness (QED) is 0.887. The van der Waals surface area contributed by atoms with Crippen LogP contribution in [0.5, 0.6) is 11.5 Å². The van der Waals surface area contributed by atoms with Gasteiger partial charge in [-0.05, 0) is 13.8 Å². The number of sulfonamides is 1. The molecule has 0 aliphatic rings. The van der Waals surface area contributed by atoms with E-state index in [9.17, 15) is 13.7 Å². The molecule has 0 saturated carbocycles. The molecule has 1 N–H and O–H groups in total. The van der Waals surface area contributed by atoms with Gasteiger partial charge in [-0.3, -0.25) is 4.72 Å². The van der Waals surface area contributed by atoms with Crippen LogP contribution in [0.15, 0.2) is 21.6 Å². The van der Waals surface area contributed by atoms with E-state index < -0.39 is 10.0 Å². The maximum atomic E-state index is 12.5. The van der Waals surface area contributed by atoms with Gasteiger partial charge in [-0.2, -0.15) is 5.26 Å². The summed E-state index contributed by atoms with van der Waals surface area (Å²) in [4.78, 5) is -0.0591. The number of ether oxygens (including phenoxy) is 2. The van der Waals surface area contributed by atoms with Gasteiger partial charge in [0.15, 0.2) is 22.2 Å². The monoisotopic (exact) mass is 337 g/mol. The second-order valence-corrected chi connectivity index (χ2v) is 6.24. The molecule has 0 aliphatic heterocycles. The number of nitriles is 1. The van der Waals surface area contributed by atoms with E-state index in [1.165, 1.54) is 40.2 Å². The summed E-state index contributed by atoms with van der Waals surface area (Å²) in [5, 5.41) is 12.9. The molecule has 0 fully saturated rings. The summed E-state index contributed by atoms with van der Waals surface area (Å²) < 4.78 is 42.5. The zero-order valence-electron chi connectivity index (χ0n) is 13.0. The molecule has 2 aromatic rings. The number of aryl methyl sites for hydroxylation is 2. The van der Waals surface area contributed by atoms with E-state index in [1.54, 1.807) is 0 Å². The molecule has 8 nitrogen and oxygen atoms in total. The van der Waals surface area contributed by atoms with Gasteiger partial charge in [-0.1, -0.05) is 5.16 Å². The Balaban J connectivity index is 2.54. The molecular weight excluding hydrogens is 322 g/mol. The van der Waals surface area contributed by atoms with Crippen LogP contribution < -0.4 is 14.2 Å². The number of nitrogens with zero attached hydrogens (tertiary/aromatic N) is 2. The van der Waals surface area contributed by atoms with Crippen molar-refractivity contribution in [3.63, 3.8) is 0 Å². The Hall–Kier alpha value is -2.73. The fourth-order valence-electron chi connectivity index (χ4n) is 2.11. The van der Waals surface area contributed by atoms with Crippen molar-refractivity contribution < 1.29 is 22.4 Å². The lowest BCUT2D eigenvalue weighted by molar-refractivity contribution is 0.355. The molecule has 0 bridgehead atoms. The lowest BCUT2D eigenvalue weighted by Gasteiger charge is -2.13. The third kappa shape index (κ3) is 3.07. The first-order valence-electron chi connectivity index (χ1n) is 6.45. The first-order valence-corrected chi connectivity index (χ1v) is 7.94. The number of nitrogens with one attached hydrogen (secondary N) is 1. The third-order valence-corrected chi connectivity index (χ3v) is 4.73. The molecule has 23 heavy (non-hydrogen) atoms. The van der Waals surface area contributed by atoms with Crippen molar-refractivity contribution in [2.45, 2.75) is 18.7 Å². The third-order valence-electron chi connectivity index (χ3n) is 3.13.